The molecule has 4 rings (SSSR count). The van der Waals surface area contributed by atoms with Crippen molar-refractivity contribution < 1.29 is 14.6 Å². The second-order valence-corrected chi connectivity index (χ2v) is 9.99. The van der Waals surface area contributed by atoms with Crippen LogP contribution >= 0.6 is 12.6 Å². The van der Waals surface area contributed by atoms with Crippen LogP contribution in [0.3, 0.4) is 0 Å². The molecular weight excluding hydrogens is 308 g/mol. The fraction of sp³-hybridized carbons (Fsp3) is 0.947. The molecule has 0 saturated heterocycles. The first-order valence-electron chi connectivity index (χ1n) is 9.08. The number of hydrogen-bond donors (Lipinski definition) is 2. The summed E-state index contributed by atoms with van der Waals surface area (Å²) >= 11 is 4.14. The van der Waals surface area contributed by atoms with Crippen molar-refractivity contribution in [2.75, 3.05) is 5.75 Å². The third-order valence-electron chi connectivity index (χ3n) is 7.32. The van der Waals surface area contributed by atoms with Crippen LogP contribution in [0.4, 0.5) is 0 Å². The van der Waals surface area contributed by atoms with Crippen LogP contribution in [0.15, 0.2) is 0 Å². The molecule has 0 radical (unpaired) electrons. The molecule has 0 heterocycles. The Morgan fingerprint density at radius 1 is 1.13 bits per heavy atom. The van der Waals surface area contributed by atoms with E-state index >= 15 is 0 Å². The van der Waals surface area contributed by atoms with E-state index in [-0.39, 0.29) is 16.8 Å². The standard InChI is InChI=1S/C19H32O3S/c1-16(2,21)18-8-13-7-14(9-18)11-19(10-13,12-18)17(3,4)22-15(20)5-6-23/h13-14,21,23H,5-12H2,1-4H3. The average molecular weight is 341 g/mol. The molecule has 132 valence electrons. The monoisotopic (exact) mass is 340 g/mol. The predicted molar refractivity (Wildman–Crippen MR) is 94.5 cm³/mol. The Morgan fingerprint density at radius 2 is 1.65 bits per heavy atom. The Morgan fingerprint density at radius 3 is 2.13 bits per heavy atom. The maximum Gasteiger partial charge on any atom is 0.307 e. The Labute approximate surface area is 146 Å². The van der Waals surface area contributed by atoms with Gasteiger partial charge in [-0.1, -0.05) is 0 Å². The van der Waals surface area contributed by atoms with Gasteiger partial charge in [0.15, 0.2) is 0 Å². The Balaban J connectivity index is 1.91. The van der Waals surface area contributed by atoms with Gasteiger partial charge >= 0.3 is 5.97 Å². The van der Waals surface area contributed by atoms with Gasteiger partial charge in [-0.15, -0.1) is 0 Å². The third kappa shape index (κ3) is 2.74. The Hall–Kier alpha value is -0.220. The lowest BCUT2D eigenvalue weighted by atomic mass is 9.38. The van der Waals surface area contributed by atoms with Gasteiger partial charge in [-0.3, -0.25) is 4.79 Å². The molecule has 4 bridgehead atoms. The van der Waals surface area contributed by atoms with Crippen molar-refractivity contribution in [3.05, 3.63) is 0 Å². The molecule has 0 aromatic carbocycles. The normalized spacial score (nSPS) is 39.6. The predicted octanol–water partition coefficient (Wildman–Crippen LogP) is 3.99. The Bertz CT molecular complexity index is 477. The molecule has 0 aromatic rings. The van der Waals surface area contributed by atoms with Crippen LogP contribution in [0, 0.1) is 22.7 Å². The number of hydrogen-bond acceptors (Lipinski definition) is 4. The van der Waals surface area contributed by atoms with Crippen LogP contribution in [0.2, 0.25) is 0 Å². The number of aliphatic hydroxyl groups is 1. The number of thiol groups is 1. The number of ether oxygens (including phenoxy) is 1. The molecule has 1 N–H and O–H groups in total. The van der Waals surface area contributed by atoms with Gasteiger partial charge in [0.1, 0.15) is 5.60 Å². The summed E-state index contributed by atoms with van der Waals surface area (Å²) in [5.74, 6) is 1.73. The smallest absolute Gasteiger partial charge is 0.307 e. The summed E-state index contributed by atoms with van der Waals surface area (Å²) in [6.45, 7) is 8.14. The van der Waals surface area contributed by atoms with E-state index in [0.29, 0.717) is 24.0 Å². The fourth-order valence-corrected chi connectivity index (χ4v) is 6.40. The number of carbonyl (C=O) groups is 1. The summed E-state index contributed by atoms with van der Waals surface area (Å²) in [6, 6.07) is 0. The maximum atomic E-state index is 12.1. The molecule has 2 atom stereocenters. The molecule has 0 amide bonds. The van der Waals surface area contributed by atoms with Gasteiger partial charge in [-0.05, 0) is 83.5 Å². The van der Waals surface area contributed by atoms with Crippen LogP contribution in [-0.4, -0.2) is 28.0 Å². The third-order valence-corrected chi connectivity index (χ3v) is 7.54. The van der Waals surface area contributed by atoms with Gasteiger partial charge in [0.25, 0.3) is 0 Å². The molecule has 4 fully saturated rings. The van der Waals surface area contributed by atoms with Gasteiger partial charge in [-0.25, -0.2) is 0 Å². The summed E-state index contributed by atoms with van der Waals surface area (Å²) in [7, 11) is 0. The summed E-state index contributed by atoms with van der Waals surface area (Å²) in [6.07, 6.45) is 7.19. The highest BCUT2D eigenvalue weighted by Crippen LogP contribution is 2.71. The van der Waals surface area contributed by atoms with E-state index in [0.717, 1.165) is 32.1 Å². The van der Waals surface area contributed by atoms with E-state index < -0.39 is 11.2 Å². The van der Waals surface area contributed by atoms with Crippen LogP contribution in [-0.2, 0) is 9.53 Å². The van der Waals surface area contributed by atoms with Gasteiger partial charge in [0.05, 0.1) is 12.0 Å². The molecule has 4 aliphatic rings. The van der Waals surface area contributed by atoms with E-state index in [9.17, 15) is 9.90 Å². The molecule has 23 heavy (non-hydrogen) atoms. The lowest BCUT2D eigenvalue weighted by Crippen LogP contribution is -2.65. The molecule has 4 heteroatoms. The molecule has 3 nitrogen and oxygen atoms in total. The molecule has 0 aliphatic heterocycles. The zero-order valence-electron chi connectivity index (χ0n) is 15.0. The van der Waals surface area contributed by atoms with E-state index in [4.69, 9.17) is 4.74 Å². The lowest BCUT2D eigenvalue weighted by Gasteiger charge is -2.68. The van der Waals surface area contributed by atoms with E-state index in [1.165, 1.54) is 6.42 Å². The number of carbonyl (C=O) groups excluding carboxylic acids is 1. The highest BCUT2D eigenvalue weighted by Gasteiger charge is 2.66. The topological polar surface area (TPSA) is 46.5 Å². The van der Waals surface area contributed by atoms with Crippen LogP contribution in [0.25, 0.3) is 0 Å². The summed E-state index contributed by atoms with van der Waals surface area (Å²) < 4.78 is 5.95. The highest BCUT2D eigenvalue weighted by molar-refractivity contribution is 7.80. The van der Waals surface area contributed by atoms with Crippen LogP contribution < -0.4 is 0 Å². The SMILES string of the molecule is CC(C)(O)C12CC3CC(C1)CC(C(C)(C)OC(=O)CCS)(C3)C2. The van der Waals surface area contributed by atoms with Gasteiger partial charge in [0.2, 0.25) is 0 Å². The molecule has 0 aromatic heterocycles. The van der Waals surface area contributed by atoms with Crippen molar-refractivity contribution >= 4 is 18.6 Å². The second kappa shape index (κ2) is 5.39. The average Bonchev–Trinajstić information content (AvgIpc) is 2.35. The van der Waals surface area contributed by atoms with Crippen molar-refractivity contribution in [1.82, 2.24) is 0 Å². The summed E-state index contributed by atoms with van der Waals surface area (Å²) in [5.41, 5.74) is -1.13. The minimum absolute atomic E-state index is 0.00962. The minimum Gasteiger partial charge on any atom is -0.459 e. The first kappa shape index (κ1) is 17.6. The van der Waals surface area contributed by atoms with Crippen molar-refractivity contribution in [1.29, 1.82) is 0 Å². The summed E-state index contributed by atoms with van der Waals surface area (Å²) in [4.78, 5) is 12.1. The number of rotatable bonds is 5. The van der Waals surface area contributed by atoms with E-state index in [1.54, 1.807) is 0 Å². The molecule has 4 aliphatic carbocycles. The summed E-state index contributed by atoms with van der Waals surface area (Å²) in [5, 5.41) is 10.9. The second-order valence-electron chi connectivity index (χ2n) is 9.54. The van der Waals surface area contributed by atoms with Gasteiger partial charge in [0, 0.05) is 11.2 Å². The quantitative estimate of drug-likeness (QED) is 0.588. The molecular formula is C19H32O3S. The van der Waals surface area contributed by atoms with Crippen molar-refractivity contribution in [3.8, 4) is 0 Å². The van der Waals surface area contributed by atoms with Crippen LogP contribution in [0.1, 0.15) is 72.6 Å². The maximum absolute atomic E-state index is 12.1. The largest absolute Gasteiger partial charge is 0.459 e. The van der Waals surface area contributed by atoms with Crippen molar-refractivity contribution in [2.24, 2.45) is 22.7 Å². The zero-order chi connectivity index (χ0) is 17.1. The van der Waals surface area contributed by atoms with E-state index in [2.05, 4.69) is 26.5 Å². The van der Waals surface area contributed by atoms with Crippen LogP contribution in [0.5, 0.6) is 0 Å². The van der Waals surface area contributed by atoms with Gasteiger partial charge < -0.3 is 9.84 Å². The highest BCUT2D eigenvalue weighted by atomic mass is 32.1. The molecule has 4 saturated carbocycles. The zero-order valence-corrected chi connectivity index (χ0v) is 15.9. The van der Waals surface area contributed by atoms with Gasteiger partial charge in [-0.2, -0.15) is 12.6 Å². The molecule has 2 unspecified atom stereocenters. The lowest BCUT2D eigenvalue weighted by molar-refractivity contribution is -0.244. The van der Waals surface area contributed by atoms with E-state index in [1.807, 2.05) is 13.8 Å². The number of esters is 1. The molecule has 0 spiro atoms. The minimum atomic E-state index is -0.665. The fourth-order valence-electron chi connectivity index (χ4n) is 6.22. The van der Waals surface area contributed by atoms with Crippen molar-refractivity contribution in [3.63, 3.8) is 0 Å². The first-order valence-corrected chi connectivity index (χ1v) is 9.71. The Kier molecular flexibility index (Phi) is 4.12. The first-order chi connectivity index (χ1) is 10.5. The van der Waals surface area contributed by atoms with Crippen molar-refractivity contribution in [2.45, 2.75) is 83.8 Å².